The minimum Gasteiger partial charge on any atom is -0.469 e. The molecule has 35 heavy (non-hydrogen) atoms. The van der Waals surface area contributed by atoms with Crippen molar-refractivity contribution in [3.8, 4) is 0 Å². The number of fused-ring (bicyclic) bond motifs is 1. The van der Waals surface area contributed by atoms with E-state index in [9.17, 15) is 9.18 Å². The third-order valence-electron chi connectivity index (χ3n) is 7.19. The van der Waals surface area contributed by atoms with Gasteiger partial charge in [-0.3, -0.25) is 9.69 Å². The Hall–Kier alpha value is -3.10. The van der Waals surface area contributed by atoms with Crippen molar-refractivity contribution in [1.29, 1.82) is 0 Å². The second kappa shape index (κ2) is 10.3. The molecule has 0 aliphatic carbocycles. The van der Waals surface area contributed by atoms with E-state index >= 15 is 0 Å². The number of hydrogen-bond acceptors (Lipinski definition) is 6. The molecule has 1 atom stereocenters. The number of nitrogens with zero attached hydrogens (tertiary/aromatic N) is 4. The molecule has 1 aliphatic rings. The third kappa shape index (κ3) is 5.13. The van der Waals surface area contributed by atoms with Gasteiger partial charge in [0.1, 0.15) is 22.6 Å². The van der Waals surface area contributed by atoms with E-state index < -0.39 is 0 Å². The lowest BCUT2D eigenvalue weighted by Crippen LogP contribution is -2.47. The fraction of sp³-hybridized carbons (Fsp3) is 0.370. The zero-order valence-corrected chi connectivity index (χ0v) is 20.8. The van der Waals surface area contributed by atoms with Crippen molar-refractivity contribution in [2.75, 3.05) is 20.1 Å². The summed E-state index contributed by atoms with van der Waals surface area (Å²) < 4.78 is 28.6. The first kappa shape index (κ1) is 23.6. The van der Waals surface area contributed by atoms with Crippen LogP contribution in [-0.2, 0) is 13.0 Å². The van der Waals surface area contributed by atoms with Crippen LogP contribution in [0.5, 0.6) is 0 Å². The SMILES string of the molecule is Cc1occc1C(=O)N(C)C(Cc1ccccc1F)C1CCN(Cc2ccc3nsnc3c2)CC1. The normalized spacial score (nSPS) is 16.0. The highest BCUT2D eigenvalue weighted by Crippen LogP contribution is 2.29. The maximum atomic E-state index is 14.6. The van der Waals surface area contributed by atoms with E-state index in [1.807, 2.05) is 25.2 Å². The van der Waals surface area contributed by atoms with Crippen molar-refractivity contribution >= 4 is 28.7 Å². The second-order valence-corrected chi connectivity index (χ2v) is 9.90. The molecule has 3 heterocycles. The number of likely N-dealkylation sites (N-methyl/N-ethyl adjacent to an activating group) is 1. The van der Waals surface area contributed by atoms with Gasteiger partial charge in [-0.25, -0.2) is 4.39 Å². The number of benzene rings is 2. The topological polar surface area (TPSA) is 62.5 Å². The smallest absolute Gasteiger partial charge is 0.257 e. The zero-order valence-electron chi connectivity index (χ0n) is 20.0. The Bertz CT molecular complexity index is 1310. The standard InChI is InChI=1S/C27H29FN4O2S/c1-18-22(11-14-34-18)27(33)31(2)26(16-21-5-3-4-6-23(21)28)20-9-12-32(13-10-20)17-19-7-8-24-25(15-19)30-35-29-24/h3-8,11,14-15,20,26H,9-10,12-13,16-17H2,1-2H3. The Morgan fingerprint density at radius 1 is 1.17 bits per heavy atom. The maximum absolute atomic E-state index is 14.6. The molecule has 2 aromatic heterocycles. The van der Waals surface area contributed by atoms with Crippen molar-refractivity contribution in [3.05, 3.63) is 83.1 Å². The summed E-state index contributed by atoms with van der Waals surface area (Å²) >= 11 is 1.24. The summed E-state index contributed by atoms with van der Waals surface area (Å²) in [6.07, 6.45) is 3.92. The monoisotopic (exact) mass is 492 g/mol. The first-order valence-corrected chi connectivity index (χ1v) is 12.7. The summed E-state index contributed by atoms with van der Waals surface area (Å²) in [5.41, 5.74) is 4.33. The van der Waals surface area contributed by atoms with E-state index in [-0.39, 0.29) is 23.7 Å². The Morgan fingerprint density at radius 3 is 2.69 bits per heavy atom. The number of likely N-dealkylation sites (tertiary alicyclic amines) is 1. The fourth-order valence-electron chi connectivity index (χ4n) is 5.14. The largest absolute Gasteiger partial charge is 0.469 e. The summed E-state index contributed by atoms with van der Waals surface area (Å²) in [6.45, 7) is 4.52. The van der Waals surface area contributed by atoms with Crippen molar-refractivity contribution in [1.82, 2.24) is 18.5 Å². The van der Waals surface area contributed by atoms with Crippen molar-refractivity contribution in [2.45, 2.75) is 38.8 Å². The highest BCUT2D eigenvalue weighted by Gasteiger charge is 2.33. The average Bonchev–Trinajstić information content (AvgIpc) is 3.52. The van der Waals surface area contributed by atoms with Gasteiger partial charge in [0.2, 0.25) is 0 Å². The molecule has 0 N–H and O–H groups in total. The van der Waals surface area contributed by atoms with E-state index in [4.69, 9.17) is 4.42 Å². The number of carbonyl (C=O) groups is 1. The lowest BCUT2D eigenvalue weighted by atomic mass is 9.84. The van der Waals surface area contributed by atoms with Crippen LogP contribution in [0.2, 0.25) is 0 Å². The molecule has 6 nitrogen and oxygen atoms in total. The van der Waals surface area contributed by atoms with Gasteiger partial charge >= 0.3 is 0 Å². The minimum absolute atomic E-state index is 0.0785. The summed E-state index contributed by atoms with van der Waals surface area (Å²) in [5, 5.41) is 0. The van der Waals surface area contributed by atoms with Crippen molar-refractivity contribution in [2.24, 2.45) is 5.92 Å². The molecule has 0 saturated carbocycles. The molecule has 1 unspecified atom stereocenters. The van der Waals surface area contributed by atoms with E-state index in [1.54, 1.807) is 30.2 Å². The lowest BCUT2D eigenvalue weighted by molar-refractivity contribution is 0.0582. The molecule has 182 valence electrons. The summed E-state index contributed by atoms with van der Waals surface area (Å²) in [5.74, 6) is 0.582. The highest BCUT2D eigenvalue weighted by atomic mass is 32.1. The van der Waals surface area contributed by atoms with Crippen molar-refractivity contribution < 1.29 is 13.6 Å². The van der Waals surface area contributed by atoms with Gasteiger partial charge in [0.05, 0.1) is 23.6 Å². The van der Waals surface area contributed by atoms with Crippen LogP contribution < -0.4 is 0 Å². The van der Waals surface area contributed by atoms with Gasteiger partial charge in [0.25, 0.3) is 5.91 Å². The number of halogens is 1. The third-order valence-corrected chi connectivity index (χ3v) is 7.75. The van der Waals surface area contributed by atoms with E-state index in [2.05, 4.69) is 25.8 Å². The van der Waals surface area contributed by atoms with Gasteiger partial charge < -0.3 is 9.32 Å². The number of furan rings is 1. The van der Waals surface area contributed by atoms with Gasteiger partial charge in [-0.05, 0) is 80.6 Å². The van der Waals surface area contributed by atoms with Crippen molar-refractivity contribution in [3.63, 3.8) is 0 Å². The Morgan fingerprint density at radius 2 is 1.94 bits per heavy atom. The summed E-state index contributed by atoms with van der Waals surface area (Å²) in [4.78, 5) is 17.6. The predicted molar refractivity (Wildman–Crippen MR) is 135 cm³/mol. The molecule has 1 amide bonds. The number of aromatic nitrogens is 2. The number of carbonyl (C=O) groups excluding carboxylic acids is 1. The lowest BCUT2D eigenvalue weighted by Gasteiger charge is -2.40. The van der Waals surface area contributed by atoms with Crippen LogP contribution in [0, 0.1) is 18.7 Å². The van der Waals surface area contributed by atoms with E-state index in [0.29, 0.717) is 23.3 Å². The van der Waals surface area contributed by atoms with Gasteiger partial charge in [0, 0.05) is 19.6 Å². The minimum atomic E-state index is -0.220. The first-order valence-electron chi connectivity index (χ1n) is 12.0. The van der Waals surface area contributed by atoms with Crippen LogP contribution in [0.25, 0.3) is 11.0 Å². The van der Waals surface area contributed by atoms with Crippen LogP contribution in [0.1, 0.15) is 40.1 Å². The molecule has 1 fully saturated rings. The van der Waals surface area contributed by atoms with Gasteiger partial charge in [-0.15, -0.1) is 0 Å². The fourth-order valence-corrected chi connectivity index (χ4v) is 5.65. The van der Waals surface area contributed by atoms with Crippen LogP contribution in [-0.4, -0.2) is 50.6 Å². The molecule has 0 spiro atoms. The Labute approximate surface area is 208 Å². The number of piperidine rings is 1. The molecule has 1 saturated heterocycles. The molecule has 5 rings (SSSR count). The second-order valence-electron chi connectivity index (χ2n) is 9.37. The molecular formula is C27H29FN4O2S. The van der Waals surface area contributed by atoms with Crippen LogP contribution in [0.4, 0.5) is 4.39 Å². The first-order chi connectivity index (χ1) is 17.0. The molecule has 4 aromatic rings. The highest BCUT2D eigenvalue weighted by molar-refractivity contribution is 7.00. The maximum Gasteiger partial charge on any atom is 0.257 e. The van der Waals surface area contributed by atoms with Gasteiger partial charge in [-0.1, -0.05) is 24.3 Å². The van der Waals surface area contributed by atoms with E-state index in [1.165, 1.54) is 23.4 Å². The molecular weight excluding hydrogens is 463 g/mol. The number of aryl methyl sites for hydroxylation is 1. The quantitative estimate of drug-likeness (QED) is 0.349. The zero-order chi connectivity index (χ0) is 24.4. The Kier molecular flexibility index (Phi) is 6.92. The molecule has 0 bridgehead atoms. The number of rotatable bonds is 7. The van der Waals surface area contributed by atoms with Gasteiger partial charge in [0.15, 0.2) is 0 Å². The molecule has 8 heteroatoms. The van der Waals surface area contributed by atoms with Crippen LogP contribution >= 0.6 is 11.7 Å². The van der Waals surface area contributed by atoms with Gasteiger partial charge in [-0.2, -0.15) is 8.75 Å². The number of hydrogen-bond donors (Lipinski definition) is 0. The van der Waals surface area contributed by atoms with Crippen LogP contribution in [0.3, 0.4) is 0 Å². The average molecular weight is 493 g/mol. The predicted octanol–water partition coefficient (Wildman–Crippen LogP) is 5.33. The van der Waals surface area contributed by atoms with E-state index in [0.717, 1.165) is 43.5 Å². The Balaban J connectivity index is 1.30. The summed E-state index contributed by atoms with van der Waals surface area (Å²) in [7, 11) is 1.84. The molecule has 1 aliphatic heterocycles. The van der Waals surface area contributed by atoms with Crippen LogP contribution in [0.15, 0.2) is 59.2 Å². The number of amides is 1. The molecule has 0 radical (unpaired) electrons. The molecule has 2 aromatic carbocycles. The summed E-state index contributed by atoms with van der Waals surface area (Å²) in [6, 6.07) is 14.8.